The van der Waals surface area contributed by atoms with Crippen LogP contribution in [0.3, 0.4) is 0 Å². The third-order valence-electron chi connectivity index (χ3n) is 3.25. The largest absolute Gasteiger partial charge is 0.441 e. The Morgan fingerprint density at radius 2 is 2.06 bits per heavy atom. The molecule has 1 aromatic carbocycles. The summed E-state index contributed by atoms with van der Waals surface area (Å²) in [6.07, 6.45) is 0.176. The van der Waals surface area contributed by atoms with Gasteiger partial charge in [0, 0.05) is 19.6 Å². The Balaban J connectivity index is 2.02. The van der Waals surface area contributed by atoms with Crippen LogP contribution < -0.4 is 0 Å². The van der Waals surface area contributed by atoms with E-state index in [1.165, 1.54) is 5.56 Å². The summed E-state index contributed by atoms with van der Waals surface area (Å²) in [5.74, 6) is 0. The van der Waals surface area contributed by atoms with Gasteiger partial charge in [-0.2, -0.15) is 0 Å². The lowest BCUT2D eigenvalue weighted by Crippen LogP contribution is -2.32. The Hall–Kier alpha value is -1.55. The van der Waals surface area contributed by atoms with E-state index in [2.05, 4.69) is 0 Å². The Labute approximate surface area is 107 Å². The molecule has 1 atom stereocenters. The molecule has 1 fully saturated rings. The number of aryl methyl sites for hydroxylation is 1. The van der Waals surface area contributed by atoms with Gasteiger partial charge in [0.1, 0.15) is 5.60 Å². The van der Waals surface area contributed by atoms with Gasteiger partial charge in [-0.1, -0.05) is 29.8 Å². The summed E-state index contributed by atoms with van der Waals surface area (Å²) in [4.78, 5) is 13.4. The Kier molecular flexibility index (Phi) is 3.57. The molecule has 2 rings (SSSR count). The number of carbonyl (C=O) groups excluding carboxylic acids is 1. The van der Waals surface area contributed by atoms with Gasteiger partial charge in [0.2, 0.25) is 0 Å². The van der Waals surface area contributed by atoms with Gasteiger partial charge < -0.3 is 9.84 Å². The normalized spacial score (nSPS) is 23.3. The first-order chi connectivity index (χ1) is 8.52. The highest BCUT2D eigenvalue weighted by Crippen LogP contribution is 2.26. The molecule has 1 N–H and O–H groups in total. The zero-order valence-corrected chi connectivity index (χ0v) is 10.8. The minimum absolute atomic E-state index is 0.0299. The molecular weight excluding hydrogens is 230 g/mol. The Morgan fingerprint density at radius 1 is 1.39 bits per heavy atom. The molecule has 1 aromatic rings. The number of hydrogen-bond acceptors (Lipinski definition) is 3. The lowest BCUT2D eigenvalue weighted by molar-refractivity contribution is 0.0501. The van der Waals surface area contributed by atoms with Crippen molar-refractivity contribution < 1.29 is 14.6 Å². The summed E-state index contributed by atoms with van der Waals surface area (Å²) < 4.78 is 5.32. The van der Waals surface area contributed by atoms with Crippen LogP contribution in [-0.4, -0.2) is 34.9 Å². The number of cyclic esters (lactones) is 1. The van der Waals surface area contributed by atoms with Crippen LogP contribution in [-0.2, 0) is 11.3 Å². The Bertz CT molecular complexity index is 429. The first-order valence-electron chi connectivity index (χ1n) is 6.17. The monoisotopic (exact) mass is 249 g/mol. The number of aliphatic hydroxyl groups is 1. The van der Waals surface area contributed by atoms with E-state index < -0.39 is 5.60 Å². The van der Waals surface area contributed by atoms with Gasteiger partial charge in [-0.25, -0.2) is 4.79 Å². The van der Waals surface area contributed by atoms with Crippen LogP contribution in [0, 0.1) is 6.92 Å². The summed E-state index contributed by atoms with van der Waals surface area (Å²) in [5.41, 5.74) is 1.73. The van der Waals surface area contributed by atoms with Crippen molar-refractivity contribution in [2.75, 3.05) is 13.2 Å². The van der Waals surface area contributed by atoms with Crippen molar-refractivity contribution in [3.63, 3.8) is 0 Å². The second-order valence-electron chi connectivity index (χ2n) is 5.13. The maximum atomic E-state index is 11.8. The van der Waals surface area contributed by atoms with E-state index >= 15 is 0 Å². The van der Waals surface area contributed by atoms with Gasteiger partial charge in [0.25, 0.3) is 0 Å². The number of aliphatic hydroxyl groups excluding tert-OH is 1. The van der Waals surface area contributed by atoms with Gasteiger partial charge >= 0.3 is 6.09 Å². The van der Waals surface area contributed by atoms with Crippen molar-refractivity contribution in [1.29, 1.82) is 0 Å². The van der Waals surface area contributed by atoms with Gasteiger partial charge in [-0.3, -0.25) is 4.90 Å². The van der Waals surface area contributed by atoms with Crippen LogP contribution in [0.5, 0.6) is 0 Å². The topological polar surface area (TPSA) is 49.8 Å². The van der Waals surface area contributed by atoms with E-state index in [0.29, 0.717) is 19.5 Å². The van der Waals surface area contributed by atoms with E-state index in [0.717, 1.165) is 5.56 Å². The van der Waals surface area contributed by atoms with Crippen molar-refractivity contribution >= 4 is 6.09 Å². The average molecular weight is 249 g/mol. The quantitative estimate of drug-likeness (QED) is 0.889. The van der Waals surface area contributed by atoms with Gasteiger partial charge in [-0.05, 0) is 19.4 Å². The van der Waals surface area contributed by atoms with E-state index in [1.54, 1.807) is 4.90 Å². The molecule has 98 valence electrons. The Morgan fingerprint density at radius 3 is 2.67 bits per heavy atom. The van der Waals surface area contributed by atoms with Gasteiger partial charge in [0.05, 0.1) is 6.54 Å². The molecule has 1 aliphatic heterocycles. The fraction of sp³-hybridized carbons (Fsp3) is 0.500. The fourth-order valence-electron chi connectivity index (χ4n) is 2.18. The predicted molar refractivity (Wildman–Crippen MR) is 68.2 cm³/mol. The highest BCUT2D eigenvalue weighted by Gasteiger charge is 2.40. The highest BCUT2D eigenvalue weighted by molar-refractivity contribution is 5.70. The molecule has 1 aliphatic rings. The van der Waals surface area contributed by atoms with E-state index in [1.807, 2.05) is 38.1 Å². The molecular formula is C14H19NO3. The first kappa shape index (κ1) is 12.9. The van der Waals surface area contributed by atoms with Crippen LogP contribution in [0.25, 0.3) is 0 Å². The van der Waals surface area contributed by atoms with Crippen LogP contribution in [0.2, 0.25) is 0 Å². The zero-order valence-electron chi connectivity index (χ0n) is 10.8. The molecule has 0 spiro atoms. The van der Waals surface area contributed by atoms with Crippen LogP contribution in [0.1, 0.15) is 24.5 Å². The smallest absolute Gasteiger partial charge is 0.410 e. The maximum Gasteiger partial charge on any atom is 0.410 e. The molecule has 0 radical (unpaired) electrons. The first-order valence-corrected chi connectivity index (χ1v) is 6.17. The summed E-state index contributed by atoms with van der Waals surface area (Å²) in [6, 6.07) is 8.10. The third kappa shape index (κ3) is 2.82. The van der Waals surface area contributed by atoms with Crippen molar-refractivity contribution in [3.8, 4) is 0 Å². The molecule has 0 aliphatic carbocycles. The van der Waals surface area contributed by atoms with Crippen molar-refractivity contribution in [2.24, 2.45) is 0 Å². The molecule has 1 saturated heterocycles. The highest BCUT2D eigenvalue weighted by atomic mass is 16.6. The number of amides is 1. The number of benzene rings is 1. The van der Waals surface area contributed by atoms with E-state index in [4.69, 9.17) is 9.84 Å². The van der Waals surface area contributed by atoms with Crippen molar-refractivity contribution in [1.82, 2.24) is 4.90 Å². The minimum atomic E-state index is -0.559. The number of hydrogen-bond donors (Lipinski definition) is 1. The predicted octanol–water partition coefficient (Wildman–Crippen LogP) is 2.09. The fourth-order valence-corrected chi connectivity index (χ4v) is 2.18. The number of carbonyl (C=O) groups is 1. The summed E-state index contributed by atoms with van der Waals surface area (Å²) in [7, 11) is 0. The second kappa shape index (κ2) is 4.98. The van der Waals surface area contributed by atoms with E-state index in [9.17, 15) is 4.79 Å². The van der Waals surface area contributed by atoms with Crippen molar-refractivity contribution in [3.05, 3.63) is 35.4 Å². The molecule has 4 nitrogen and oxygen atoms in total. The molecule has 4 heteroatoms. The maximum absolute atomic E-state index is 11.8. The summed E-state index contributed by atoms with van der Waals surface area (Å²) >= 11 is 0. The average Bonchev–Trinajstić information content (AvgIpc) is 2.57. The van der Waals surface area contributed by atoms with Crippen molar-refractivity contribution in [2.45, 2.75) is 32.4 Å². The molecule has 0 saturated carbocycles. The van der Waals surface area contributed by atoms with E-state index in [-0.39, 0.29) is 12.7 Å². The third-order valence-corrected chi connectivity index (χ3v) is 3.25. The molecule has 1 unspecified atom stereocenters. The molecule has 1 amide bonds. The molecule has 1 heterocycles. The van der Waals surface area contributed by atoms with Gasteiger partial charge in [-0.15, -0.1) is 0 Å². The SMILES string of the molecule is Cc1ccc(CN2CC(C)(CCO)OC2=O)cc1. The number of rotatable bonds is 4. The van der Waals surface area contributed by atoms with Gasteiger partial charge in [0.15, 0.2) is 0 Å². The molecule has 18 heavy (non-hydrogen) atoms. The summed E-state index contributed by atoms with van der Waals surface area (Å²) in [5, 5.41) is 8.97. The lowest BCUT2D eigenvalue weighted by atomic mass is 10.0. The number of nitrogens with zero attached hydrogens (tertiary/aromatic N) is 1. The molecule has 0 bridgehead atoms. The van der Waals surface area contributed by atoms with Crippen LogP contribution in [0.15, 0.2) is 24.3 Å². The standard InChI is InChI=1S/C14H19NO3/c1-11-3-5-12(6-4-11)9-15-10-14(2,7-8-16)18-13(15)17/h3-6,16H,7-10H2,1-2H3. The minimum Gasteiger partial charge on any atom is -0.441 e. The zero-order chi connectivity index (χ0) is 13.2. The van der Waals surface area contributed by atoms with Crippen LogP contribution >= 0.6 is 0 Å². The summed E-state index contributed by atoms with van der Waals surface area (Å²) in [6.45, 7) is 5.00. The second-order valence-corrected chi connectivity index (χ2v) is 5.13. The lowest BCUT2D eigenvalue weighted by Gasteiger charge is -2.20. The number of ether oxygens (including phenoxy) is 1. The van der Waals surface area contributed by atoms with Crippen LogP contribution in [0.4, 0.5) is 4.79 Å². The molecule has 0 aromatic heterocycles.